The van der Waals surface area contributed by atoms with E-state index in [1.54, 1.807) is 6.92 Å². The number of benzene rings is 2. The molecular weight excluding hydrogens is 396 g/mol. The number of hydrogen-bond acceptors (Lipinski definition) is 4. The van der Waals surface area contributed by atoms with Gasteiger partial charge in [-0.15, -0.1) is 0 Å². The lowest BCUT2D eigenvalue weighted by Gasteiger charge is -2.17. The summed E-state index contributed by atoms with van der Waals surface area (Å²) >= 11 is 0. The van der Waals surface area contributed by atoms with E-state index in [1.807, 2.05) is 24.3 Å². The maximum Gasteiger partial charge on any atom is 0.407 e. The fourth-order valence-electron chi connectivity index (χ4n) is 4.13. The number of nitrogens with one attached hydrogen (secondary N) is 2. The van der Waals surface area contributed by atoms with Crippen LogP contribution in [0, 0.1) is 5.41 Å². The van der Waals surface area contributed by atoms with Gasteiger partial charge in [0.25, 0.3) is 0 Å². The van der Waals surface area contributed by atoms with Crippen LogP contribution in [0.25, 0.3) is 11.1 Å². The van der Waals surface area contributed by atoms with Gasteiger partial charge in [0.15, 0.2) is 0 Å². The molecule has 2 aliphatic rings. The third kappa shape index (κ3) is 4.40. The normalized spacial score (nSPS) is 16.5. The lowest BCUT2D eigenvalue weighted by atomic mass is 9.98. The summed E-state index contributed by atoms with van der Waals surface area (Å²) in [5.74, 6) is -1.20. The highest BCUT2D eigenvalue weighted by atomic mass is 16.5. The van der Waals surface area contributed by atoms with Gasteiger partial charge in [0.1, 0.15) is 6.61 Å². The van der Waals surface area contributed by atoms with E-state index in [1.165, 1.54) is 0 Å². The number of rotatable bonds is 8. The van der Waals surface area contributed by atoms with Crippen LogP contribution in [0.5, 0.6) is 0 Å². The Morgan fingerprint density at radius 1 is 1.06 bits per heavy atom. The van der Waals surface area contributed by atoms with Crippen molar-refractivity contribution in [3.63, 3.8) is 0 Å². The molecule has 0 aliphatic heterocycles. The van der Waals surface area contributed by atoms with Crippen molar-refractivity contribution in [2.45, 2.75) is 38.1 Å². The number of carbonyl (C=O) groups excluding carboxylic acids is 2. The van der Waals surface area contributed by atoms with Crippen LogP contribution in [0.1, 0.15) is 43.2 Å². The smallest absolute Gasteiger partial charge is 0.407 e. The largest absolute Gasteiger partial charge is 0.481 e. The Bertz CT molecular complexity index is 969. The van der Waals surface area contributed by atoms with E-state index in [0.717, 1.165) is 22.3 Å². The molecule has 0 saturated heterocycles. The number of ether oxygens (including phenoxy) is 1. The van der Waals surface area contributed by atoms with E-state index in [0.29, 0.717) is 12.8 Å². The van der Waals surface area contributed by atoms with Crippen LogP contribution in [0.4, 0.5) is 4.79 Å². The molecule has 0 unspecified atom stereocenters. The van der Waals surface area contributed by atoms with Gasteiger partial charge in [-0.05, 0) is 42.0 Å². The molecule has 1 atom stereocenters. The molecule has 31 heavy (non-hydrogen) atoms. The first kappa shape index (κ1) is 20.9. The van der Waals surface area contributed by atoms with Gasteiger partial charge in [-0.25, -0.2) is 4.79 Å². The molecule has 2 aromatic carbocycles. The van der Waals surface area contributed by atoms with Crippen LogP contribution in [0.3, 0.4) is 0 Å². The van der Waals surface area contributed by atoms with Crippen LogP contribution in [-0.4, -0.2) is 42.3 Å². The molecule has 0 heterocycles. The Morgan fingerprint density at radius 2 is 1.65 bits per heavy atom. The standard InChI is InChI=1S/C24H26N2O5/c1-15(12-21(27)25-14-24(10-11-24)22(28)29)26-23(30)31-13-20-18-8-4-2-6-16(18)17-7-3-5-9-19(17)20/h2-9,15,20H,10-14H2,1H3,(H,25,27)(H,26,30)(H,28,29)/t15-/m1/s1. The Kier molecular flexibility index (Phi) is 5.67. The first-order valence-electron chi connectivity index (χ1n) is 10.5. The van der Waals surface area contributed by atoms with Gasteiger partial charge in [0.05, 0.1) is 5.41 Å². The lowest BCUT2D eigenvalue weighted by molar-refractivity contribution is -0.143. The molecule has 0 aromatic heterocycles. The molecule has 0 spiro atoms. The van der Waals surface area contributed by atoms with Crippen molar-refractivity contribution in [2.24, 2.45) is 5.41 Å². The third-order valence-corrected chi connectivity index (χ3v) is 6.13. The van der Waals surface area contributed by atoms with E-state index in [2.05, 4.69) is 34.9 Å². The van der Waals surface area contributed by atoms with Gasteiger partial charge in [-0.1, -0.05) is 48.5 Å². The third-order valence-electron chi connectivity index (χ3n) is 6.13. The Balaban J connectivity index is 1.27. The number of carbonyl (C=O) groups is 3. The summed E-state index contributed by atoms with van der Waals surface area (Å²) in [6.45, 7) is 2.05. The number of carboxylic acid groups (broad SMARTS) is 1. The molecule has 1 fully saturated rings. The molecule has 3 N–H and O–H groups in total. The van der Waals surface area contributed by atoms with Crippen molar-refractivity contribution in [2.75, 3.05) is 13.2 Å². The van der Waals surface area contributed by atoms with Crippen LogP contribution in [0.2, 0.25) is 0 Å². The van der Waals surface area contributed by atoms with Gasteiger partial charge >= 0.3 is 12.1 Å². The molecular formula is C24H26N2O5. The van der Waals surface area contributed by atoms with Gasteiger partial charge in [-0.3, -0.25) is 9.59 Å². The van der Waals surface area contributed by atoms with Gasteiger partial charge in [0.2, 0.25) is 5.91 Å². The predicted octanol–water partition coefficient (Wildman–Crippen LogP) is 3.28. The van der Waals surface area contributed by atoms with E-state index in [9.17, 15) is 14.4 Å². The van der Waals surface area contributed by atoms with E-state index in [-0.39, 0.29) is 31.4 Å². The second kappa shape index (κ2) is 8.41. The summed E-state index contributed by atoms with van der Waals surface area (Å²) in [5, 5.41) is 14.5. The number of aliphatic carboxylic acids is 1. The number of hydrogen-bond donors (Lipinski definition) is 3. The zero-order valence-corrected chi connectivity index (χ0v) is 17.4. The maximum absolute atomic E-state index is 12.3. The summed E-state index contributed by atoms with van der Waals surface area (Å²) in [7, 11) is 0. The average molecular weight is 422 g/mol. The Morgan fingerprint density at radius 3 is 2.19 bits per heavy atom. The topological polar surface area (TPSA) is 105 Å². The molecule has 162 valence electrons. The minimum Gasteiger partial charge on any atom is -0.481 e. The van der Waals surface area contributed by atoms with E-state index in [4.69, 9.17) is 9.84 Å². The quantitative estimate of drug-likeness (QED) is 0.606. The molecule has 2 aromatic rings. The molecule has 2 aliphatic carbocycles. The minimum absolute atomic E-state index is 0.0255. The van der Waals surface area contributed by atoms with E-state index < -0.39 is 23.5 Å². The zero-order valence-electron chi connectivity index (χ0n) is 17.4. The highest BCUT2D eigenvalue weighted by Gasteiger charge is 2.50. The van der Waals surface area contributed by atoms with Gasteiger partial charge in [0, 0.05) is 24.9 Å². The molecule has 2 amide bonds. The fraction of sp³-hybridized carbons (Fsp3) is 0.375. The first-order valence-corrected chi connectivity index (χ1v) is 10.5. The summed E-state index contributed by atoms with van der Waals surface area (Å²) in [5.41, 5.74) is 3.78. The van der Waals surface area contributed by atoms with Crippen molar-refractivity contribution < 1.29 is 24.2 Å². The molecule has 7 heteroatoms. The van der Waals surface area contributed by atoms with Crippen molar-refractivity contribution >= 4 is 18.0 Å². The van der Waals surface area contributed by atoms with Gasteiger partial charge in [-0.2, -0.15) is 0 Å². The molecule has 7 nitrogen and oxygen atoms in total. The predicted molar refractivity (Wildman–Crippen MR) is 115 cm³/mol. The van der Waals surface area contributed by atoms with Crippen LogP contribution in [-0.2, 0) is 14.3 Å². The number of fused-ring (bicyclic) bond motifs is 3. The van der Waals surface area contributed by atoms with E-state index >= 15 is 0 Å². The van der Waals surface area contributed by atoms with Gasteiger partial charge < -0.3 is 20.5 Å². The summed E-state index contributed by atoms with van der Waals surface area (Å²) in [4.78, 5) is 35.5. The van der Waals surface area contributed by atoms with Crippen LogP contribution < -0.4 is 10.6 Å². The lowest BCUT2D eigenvalue weighted by Crippen LogP contribution is -2.40. The zero-order chi connectivity index (χ0) is 22.0. The average Bonchev–Trinajstić information content (AvgIpc) is 3.48. The highest BCUT2D eigenvalue weighted by Crippen LogP contribution is 2.45. The molecule has 0 radical (unpaired) electrons. The Hall–Kier alpha value is -3.35. The van der Waals surface area contributed by atoms with Crippen molar-refractivity contribution in [1.82, 2.24) is 10.6 Å². The van der Waals surface area contributed by atoms with Crippen molar-refractivity contribution in [3.8, 4) is 11.1 Å². The molecule has 1 saturated carbocycles. The van der Waals surface area contributed by atoms with Crippen molar-refractivity contribution in [1.29, 1.82) is 0 Å². The first-order chi connectivity index (χ1) is 14.9. The number of alkyl carbamates (subject to hydrolysis) is 1. The summed E-state index contributed by atoms with van der Waals surface area (Å²) in [6, 6.07) is 15.8. The highest BCUT2D eigenvalue weighted by molar-refractivity contribution is 5.82. The van der Waals surface area contributed by atoms with Crippen molar-refractivity contribution in [3.05, 3.63) is 59.7 Å². The second-order valence-electron chi connectivity index (χ2n) is 8.44. The SMILES string of the molecule is C[C@H](CC(=O)NCC1(C(=O)O)CC1)NC(=O)OCC1c2ccccc2-c2ccccc21. The Labute approximate surface area is 180 Å². The molecule has 0 bridgehead atoms. The van der Waals surface area contributed by atoms with Crippen LogP contribution >= 0.6 is 0 Å². The number of amides is 2. The van der Waals surface area contributed by atoms with Crippen LogP contribution in [0.15, 0.2) is 48.5 Å². The summed E-state index contributed by atoms with van der Waals surface area (Å²) in [6.07, 6.45) is 0.637. The summed E-state index contributed by atoms with van der Waals surface area (Å²) < 4.78 is 5.49. The molecule has 4 rings (SSSR count). The second-order valence-corrected chi connectivity index (χ2v) is 8.44. The number of carboxylic acids is 1. The maximum atomic E-state index is 12.3. The fourth-order valence-corrected chi connectivity index (χ4v) is 4.13. The monoisotopic (exact) mass is 422 g/mol. The minimum atomic E-state index is -0.877.